The van der Waals surface area contributed by atoms with E-state index in [-0.39, 0.29) is 17.6 Å². The van der Waals surface area contributed by atoms with Crippen LogP contribution in [-0.4, -0.2) is 46.8 Å². The zero-order valence-electron chi connectivity index (χ0n) is 18.9. The zero-order valence-corrected chi connectivity index (χ0v) is 18.9. The molecule has 1 unspecified atom stereocenters. The Kier molecular flexibility index (Phi) is 8.46. The topological polar surface area (TPSA) is 68.6 Å². The standard InChI is InChI=1S/C22H36N2O4/c1-13(2)10-11-24(18(25)12-14(3)4)17(7)21(26)19-15(5)20(22(27)28-9)23(8)16(19)6/h13-14,17H,10-12H2,1-9H3. The summed E-state index contributed by atoms with van der Waals surface area (Å²) in [6.45, 7) is 14.1. The van der Waals surface area contributed by atoms with Crippen LogP contribution < -0.4 is 0 Å². The third-order valence-electron chi connectivity index (χ3n) is 5.25. The molecule has 0 fully saturated rings. The van der Waals surface area contributed by atoms with E-state index in [1.54, 1.807) is 30.4 Å². The molecule has 0 saturated heterocycles. The normalized spacial score (nSPS) is 12.4. The number of esters is 1. The molecule has 0 radical (unpaired) electrons. The van der Waals surface area contributed by atoms with E-state index in [1.165, 1.54) is 7.11 Å². The van der Waals surface area contributed by atoms with Gasteiger partial charge in [0.2, 0.25) is 5.91 Å². The molecular formula is C22H36N2O4. The zero-order chi connectivity index (χ0) is 21.8. The monoisotopic (exact) mass is 392 g/mol. The van der Waals surface area contributed by atoms with Crippen LogP contribution in [0, 0.1) is 25.7 Å². The van der Waals surface area contributed by atoms with Crippen molar-refractivity contribution in [3.63, 3.8) is 0 Å². The SMILES string of the molecule is COC(=O)c1c(C)c(C(=O)C(C)N(CCC(C)C)C(=O)CC(C)C)c(C)n1C. The van der Waals surface area contributed by atoms with Crippen molar-refractivity contribution >= 4 is 17.7 Å². The summed E-state index contributed by atoms with van der Waals surface area (Å²) in [5, 5.41) is 0. The summed E-state index contributed by atoms with van der Waals surface area (Å²) in [5.41, 5.74) is 2.18. The van der Waals surface area contributed by atoms with Crippen molar-refractivity contribution in [1.29, 1.82) is 0 Å². The van der Waals surface area contributed by atoms with E-state index in [0.29, 0.717) is 41.4 Å². The summed E-state index contributed by atoms with van der Waals surface area (Å²) < 4.78 is 6.56. The molecule has 0 N–H and O–H groups in total. The van der Waals surface area contributed by atoms with Crippen LogP contribution in [0.5, 0.6) is 0 Å². The fraction of sp³-hybridized carbons (Fsp3) is 0.682. The first-order chi connectivity index (χ1) is 12.9. The molecule has 6 nitrogen and oxygen atoms in total. The number of rotatable bonds is 9. The lowest BCUT2D eigenvalue weighted by atomic mass is 9.98. The number of ether oxygens (including phenoxy) is 1. The molecule has 1 atom stereocenters. The van der Waals surface area contributed by atoms with Crippen molar-refractivity contribution in [1.82, 2.24) is 9.47 Å². The highest BCUT2D eigenvalue weighted by atomic mass is 16.5. The third kappa shape index (κ3) is 5.24. The second kappa shape index (κ2) is 9.89. The van der Waals surface area contributed by atoms with Crippen molar-refractivity contribution < 1.29 is 19.1 Å². The number of Topliss-reactive ketones (excluding diaryl/α,β-unsaturated/α-hetero) is 1. The molecule has 28 heavy (non-hydrogen) atoms. The van der Waals surface area contributed by atoms with Crippen LogP contribution in [0.25, 0.3) is 0 Å². The number of carbonyl (C=O) groups is 3. The summed E-state index contributed by atoms with van der Waals surface area (Å²) in [4.78, 5) is 40.0. The van der Waals surface area contributed by atoms with Gasteiger partial charge in [-0.3, -0.25) is 9.59 Å². The van der Waals surface area contributed by atoms with E-state index in [1.807, 2.05) is 20.8 Å². The molecule has 0 aliphatic heterocycles. The third-order valence-corrected chi connectivity index (χ3v) is 5.25. The van der Waals surface area contributed by atoms with Crippen LogP contribution in [0.1, 0.15) is 79.6 Å². The van der Waals surface area contributed by atoms with Gasteiger partial charge in [0.05, 0.1) is 13.2 Å². The predicted molar refractivity (Wildman–Crippen MR) is 111 cm³/mol. The summed E-state index contributed by atoms with van der Waals surface area (Å²) in [6, 6.07) is -0.588. The van der Waals surface area contributed by atoms with E-state index in [0.717, 1.165) is 6.42 Å². The smallest absolute Gasteiger partial charge is 0.354 e. The summed E-state index contributed by atoms with van der Waals surface area (Å²) >= 11 is 0. The molecule has 1 aromatic heterocycles. The molecule has 0 bridgehead atoms. The molecule has 158 valence electrons. The molecule has 0 aliphatic rings. The van der Waals surface area contributed by atoms with E-state index >= 15 is 0 Å². The average molecular weight is 393 g/mol. The fourth-order valence-corrected chi connectivity index (χ4v) is 3.48. The van der Waals surface area contributed by atoms with Crippen molar-refractivity contribution in [2.24, 2.45) is 18.9 Å². The van der Waals surface area contributed by atoms with Crippen LogP contribution in [0.4, 0.5) is 0 Å². The largest absolute Gasteiger partial charge is 0.464 e. The average Bonchev–Trinajstić information content (AvgIpc) is 2.82. The van der Waals surface area contributed by atoms with Crippen molar-refractivity contribution in [3.8, 4) is 0 Å². The quantitative estimate of drug-likeness (QED) is 0.472. The minimum atomic E-state index is -0.588. The Bertz CT molecular complexity index is 731. The molecular weight excluding hydrogens is 356 g/mol. The molecule has 1 heterocycles. The predicted octanol–water partition coefficient (Wildman–Crippen LogP) is 3.92. The number of methoxy groups -OCH3 is 1. The van der Waals surface area contributed by atoms with Crippen molar-refractivity contribution in [2.75, 3.05) is 13.7 Å². The van der Waals surface area contributed by atoms with Gasteiger partial charge in [0, 0.05) is 31.3 Å². The van der Waals surface area contributed by atoms with E-state index in [9.17, 15) is 14.4 Å². The minimum Gasteiger partial charge on any atom is -0.464 e. The van der Waals surface area contributed by atoms with E-state index in [4.69, 9.17) is 4.74 Å². The van der Waals surface area contributed by atoms with Crippen LogP contribution in [0.15, 0.2) is 0 Å². The molecule has 1 amide bonds. The number of hydrogen-bond donors (Lipinski definition) is 0. The van der Waals surface area contributed by atoms with Crippen molar-refractivity contribution in [2.45, 2.75) is 67.3 Å². The summed E-state index contributed by atoms with van der Waals surface area (Å²) in [5.74, 6) is 0.0464. The van der Waals surface area contributed by atoms with Gasteiger partial charge in [-0.15, -0.1) is 0 Å². The van der Waals surface area contributed by atoms with E-state index in [2.05, 4.69) is 13.8 Å². The van der Waals surface area contributed by atoms with Gasteiger partial charge in [-0.1, -0.05) is 27.7 Å². The molecule has 0 aliphatic carbocycles. The molecule has 0 spiro atoms. The van der Waals surface area contributed by atoms with Gasteiger partial charge < -0.3 is 14.2 Å². The highest BCUT2D eigenvalue weighted by Gasteiger charge is 2.32. The Balaban J connectivity index is 3.29. The molecule has 0 saturated carbocycles. The number of aromatic nitrogens is 1. The fourth-order valence-electron chi connectivity index (χ4n) is 3.48. The maximum absolute atomic E-state index is 13.4. The molecule has 1 aromatic rings. The first-order valence-electron chi connectivity index (χ1n) is 10.0. The van der Waals surface area contributed by atoms with Gasteiger partial charge in [-0.2, -0.15) is 0 Å². The first kappa shape index (κ1) is 23.9. The number of hydrogen-bond acceptors (Lipinski definition) is 4. The summed E-state index contributed by atoms with van der Waals surface area (Å²) in [7, 11) is 3.07. The number of carbonyl (C=O) groups excluding carboxylic acids is 3. The Hall–Kier alpha value is -2.11. The highest BCUT2D eigenvalue weighted by Crippen LogP contribution is 2.25. The summed E-state index contributed by atoms with van der Waals surface area (Å²) in [6.07, 6.45) is 1.25. The lowest BCUT2D eigenvalue weighted by molar-refractivity contribution is -0.133. The highest BCUT2D eigenvalue weighted by molar-refractivity contribution is 6.06. The molecule has 1 rings (SSSR count). The van der Waals surface area contributed by atoms with Crippen LogP contribution in [0.3, 0.4) is 0 Å². The van der Waals surface area contributed by atoms with Gasteiger partial charge in [-0.05, 0) is 44.6 Å². The van der Waals surface area contributed by atoms with Gasteiger partial charge >= 0.3 is 5.97 Å². The van der Waals surface area contributed by atoms with Gasteiger partial charge in [0.25, 0.3) is 0 Å². The lowest BCUT2D eigenvalue weighted by Crippen LogP contribution is -2.44. The Labute approximate surface area is 169 Å². The lowest BCUT2D eigenvalue weighted by Gasteiger charge is -2.30. The van der Waals surface area contributed by atoms with Gasteiger partial charge in [-0.25, -0.2) is 4.79 Å². The maximum Gasteiger partial charge on any atom is 0.354 e. The van der Waals surface area contributed by atoms with Gasteiger partial charge in [0.1, 0.15) is 5.69 Å². The minimum absolute atomic E-state index is 0.00377. The number of ketones is 1. The van der Waals surface area contributed by atoms with Crippen LogP contribution in [-0.2, 0) is 16.6 Å². The second-order valence-corrected chi connectivity index (χ2v) is 8.39. The van der Waals surface area contributed by atoms with Crippen molar-refractivity contribution in [3.05, 3.63) is 22.5 Å². The first-order valence-corrected chi connectivity index (χ1v) is 10.0. The van der Waals surface area contributed by atoms with Gasteiger partial charge in [0.15, 0.2) is 5.78 Å². The Morgan fingerprint density at radius 2 is 1.61 bits per heavy atom. The second-order valence-electron chi connectivity index (χ2n) is 8.39. The Morgan fingerprint density at radius 3 is 2.07 bits per heavy atom. The number of amides is 1. The molecule has 0 aromatic carbocycles. The van der Waals surface area contributed by atoms with Crippen LogP contribution in [0.2, 0.25) is 0 Å². The molecule has 6 heteroatoms. The van der Waals surface area contributed by atoms with E-state index < -0.39 is 12.0 Å². The number of nitrogens with zero attached hydrogens (tertiary/aromatic N) is 2. The van der Waals surface area contributed by atoms with Crippen LogP contribution >= 0.6 is 0 Å². The maximum atomic E-state index is 13.4. The Morgan fingerprint density at radius 1 is 1.04 bits per heavy atom.